The van der Waals surface area contributed by atoms with Crippen molar-refractivity contribution >= 4 is 29.7 Å². The molecule has 1 rings (SSSR count). The lowest BCUT2D eigenvalue weighted by Crippen LogP contribution is -2.57. The highest BCUT2D eigenvalue weighted by atomic mass is 16.4. The molecule has 1 aromatic rings. The number of nitrogens with two attached hydrogens (primary N) is 3. The average Bonchev–Trinajstić information content (AvgIpc) is 2.79. The molecule has 0 bridgehead atoms. The quantitative estimate of drug-likeness (QED) is 0.0709. The van der Waals surface area contributed by atoms with Gasteiger partial charge in [0.05, 0.1) is 12.1 Å². The van der Waals surface area contributed by atoms with E-state index in [4.69, 9.17) is 22.3 Å². The van der Waals surface area contributed by atoms with Crippen molar-refractivity contribution in [1.29, 1.82) is 0 Å². The summed E-state index contributed by atoms with van der Waals surface area (Å²) in [6.07, 6.45) is -0.695. The molecule has 14 heteroatoms. The molecule has 0 aliphatic rings. The van der Waals surface area contributed by atoms with Gasteiger partial charge < -0.3 is 48.5 Å². The molecule has 36 heavy (non-hydrogen) atoms. The molecular formula is C22H35N7O7. The number of hydrogen-bond acceptors (Lipinski definition) is 8. The SMILES string of the molecule is CC(NC(=O)C(Cc1ccc(O)cc1)NC(=O)C(N)CCCN=C(N)N)C(=O)NC(C(=O)O)C(C)O. The Labute approximate surface area is 208 Å². The van der Waals surface area contributed by atoms with Crippen LogP contribution >= 0.6 is 0 Å². The number of benzene rings is 1. The number of carboxylic acids is 1. The standard InChI is InChI=1S/C22H35N7O7/c1-11(18(32)29-17(12(2)30)21(35)36)27-20(34)16(10-13-5-7-14(31)8-6-13)28-19(33)15(23)4-3-9-26-22(24)25/h5-8,11-12,15-17,30-31H,3-4,9-10,23H2,1-2H3,(H,27,34)(H,28,33)(H,29,32)(H,35,36)(H4,24,25,26). The second-order valence-corrected chi connectivity index (χ2v) is 8.28. The van der Waals surface area contributed by atoms with Crippen molar-refractivity contribution in [2.45, 2.75) is 63.4 Å². The Kier molecular flexibility index (Phi) is 12.1. The fraction of sp³-hybridized carbons (Fsp3) is 0.500. The van der Waals surface area contributed by atoms with Crippen molar-refractivity contribution in [2.24, 2.45) is 22.2 Å². The Morgan fingerprint density at radius 1 is 0.972 bits per heavy atom. The Morgan fingerprint density at radius 2 is 1.58 bits per heavy atom. The third kappa shape index (κ3) is 10.6. The van der Waals surface area contributed by atoms with E-state index in [1.807, 2.05) is 0 Å². The minimum absolute atomic E-state index is 0.0122. The van der Waals surface area contributed by atoms with E-state index in [-0.39, 0.29) is 31.1 Å². The summed E-state index contributed by atoms with van der Waals surface area (Å²) in [4.78, 5) is 53.0. The van der Waals surface area contributed by atoms with Gasteiger partial charge in [-0.15, -0.1) is 0 Å². The first kappa shape index (κ1) is 30.1. The first-order valence-corrected chi connectivity index (χ1v) is 11.2. The maximum absolute atomic E-state index is 13.0. The van der Waals surface area contributed by atoms with Gasteiger partial charge in [-0.3, -0.25) is 19.4 Å². The Morgan fingerprint density at radius 3 is 2.11 bits per heavy atom. The fourth-order valence-corrected chi connectivity index (χ4v) is 3.05. The summed E-state index contributed by atoms with van der Waals surface area (Å²) in [5.41, 5.74) is 17.0. The molecule has 0 heterocycles. The van der Waals surface area contributed by atoms with E-state index < -0.39 is 54.0 Å². The van der Waals surface area contributed by atoms with Crippen LogP contribution in [0.1, 0.15) is 32.3 Å². The van der Waals surface area contributed by atoms with Crippen LogP contribution in [0.15, 0.2) is 29.3 Å². The molecule has 3 amide bonds. The van der Waals surface area contributed by atoms with Gasteiger partial charge in [0.2, 0.25) is 17.7 Å². The van der Waals surface area contributed by atoms with E-state index in [1.54, 1.807) is 12.1 Å². The molecule has 1 aromatic carbocycles. The van der Waals surface area contributed by atoms with E-state index in [2.05, 4.69) is 20.9 Å². The smallest absolute Gasteiger partial charge is 0.328 e. The molecule has 0 spiro atoms. The van der Waals surface area contributed by atoms with Crippen LogP contribution in [0.5, 0.6) is 5.75 Å². The van der Waals surface area contributed by atoms with Gasteiger partial charge in [0.25, 0.3) is 0 Å². The van der Waals surface area contributed by atoms with Crippen LogP contribution in [-0.2, 0) is 25.6 Å². The van der Waals surface area contributed by atoms with Crippen molar-refractivity contribution in [3.63, 3.8) is 0 Å². The third-order valence-corrected chi connectivity index (χ3v) is 5.11. The van der Waals surface area contributed by atoms with Crippen molar-refractivity contribution in [2.75, 3.05) is 6.54 Å². The lowest BCUT2D eigenvalue weighted by molar-refractivity contribution is -0.145. The molecule has 0 saturated carbocycles. The zero-order valence-electron chi connectivity index (χ0n) is 20.2. The average molecular weight is 510 g/mol. The Bertz CT molecular complexity index is 933. The second kappa shape index (κ2) is 14.5. The number of aliphatic hydroxyl groups excluding tert-OH is 1. The van der Waals surface area contributed by atoms with Gasteiger partial charge in [-0.1, -0.05) is 12.1 Å². The topological polar surface area (TPSA) is 255 Å². The third-order valence-electron chi connectivity index (χ3n) is 5.11. The number of aliphatic hydroxyl groups is 1. The molecule has 0 fully saturated rings. The molecule has 5 unspecified atom stereocenters. The zero-order valence-corrected chi connectivity index (χ0v) is 20.2. The monoisotopic (exact) mass is 509 g/mol. The summed E-state index contributed by atoms with van der Waals surface area (Å²) < 4.78 is 0. The van der Waals surface area contributed by atoms with E-state index >= 15 is 0 Å². The lowest BCUT2D eigenvalue weighted by atomic mass is 10.0. The number of nitrogens with one attached hydrogen (secondary N) is 3. The number of carbonyl (C=O) groups is 4. The molecule has 0 saturated heterocycles. The van der Waals surface area contributed by atoms with E-state index in [9.17, 15) is 29.4 Å². The molecule has 0 aromatic heterocycles. The molecule has 200 valence electrons. The minimum atomic E-state index is -1.57. The second-order valence-electron chi connectivity index (χ2n) is 8.28. The molecule has 0 aliphatic carbocycles. The first-order chi connectivity index (χ1) is 16.8. The van der Waals surface area contributed by atoms with Gasteiger partial charge >= 0.3 is 5.97 Å². The van der Waals surface area contributed by atoms with Crippen molar-refractivity contribution < 1.29 is 34.5 Å². The van der Waals surface area contributed by atoms with Crippen LogP contribution in [0.2, 0.25) is 0 Å². The number of aromatic hydroxyl groups is 1. The highest BCUT2D eigenvalue weighted by molar-refractivity contribution is 5.94. The van der Waals surface area contributed by atoms with Crippen LogP contribution in [0.4, 0.5) is 0 Å². The van der Waals surface area contributed by atoms with E-state index in [0.717, 1.165) is 0 Å². The first-order valence-electron chi connectivity index (χ1n) is 11.2. The Balaban J connectivity index is 2.91. The molecule has 0 radical (unpaired) electrons. The number of guanidine groups is 1. The number of amides is 3. The summed E-state index contributed by atoms with van der Waals surface area (Å²) in [5.74, 6) is -3.69. The molecule has 12 N–H and O–H groups in total. The van der Waals surface area contributed by atoms with Gasteiger partial charge in [-0.05, 0) is 44.4 Å². The maximum atomic E-state index is 13.0. The molecule has 0 aliphatic heterocycles. The number of aliphatic imine (C=N–C) groups is 1. The Hall–Kier alpha value is -3.91. The molecule has 14 nitrogen and oxygen atoms in total. The van der Waals surface area contributed by atoms with Crippen molar-refractivity contribution in [3.8, 4) is 5.75 Å². The van der Waals surface area contributed by atoms with Gasteiger partial charge in [0.1, 0.15) is 17.8 Å². The predicted octanol–water partition coefficient (Wildman–Crippen LogP) is -2.74. The number of hydrogen-bond donors (Lipinski definition) is 9. The number of phenols is 1. The van der Waals surface area contributed by atoms with Crippen LogP contribution < -0.4 is 33.2 Å². The summed E-state index contributed by atoms with van der Waals surface area (Å²) in [6, 6.07) is 1.09. The van der Waals surface area contributed by atoms with E-state index in [0.29, 0.717) is 12.0 Å². The summed E-state index contributed by atoms with van der Waals surface area (Å²) >= 11 is 0. The van der Waals surface area contributed by atoms with Gasteiger partial charge in [-0.2, -0.15) is 0 Å². The van der Waals surface area contributed by atoms with Gasteiger partial charge in [-0.25, -0.2) is 4.79 Å². The van der Waals surface area contributed by atoms with Crippen LogP contribution in [0, 0.1) is 0 Å². The minimum Gasteiger partial charge on any atom is -0.508 e. The van der Waals surface area contributed by atoms with Gasteiger partial charge in [0.15, 0.2) is 12.0 Å². The summed E-state index contributed by atoms with van der Waals surface area (Å²) in [6.45, 7) is 2.80. The number of aliphatic carboxylic acids is 1. The van der Waals surface area contributed by atoms with Crippen LogP contribution in [0.3, 0.4) is 0 Å². The zero-order chi connectivity index (χ0) is 27.4. The molecule has 5 atom stereocenters. The normalized spacial score (nSPS) is 14.9. The summed E-state index contributed by atoms with van der Waals surface area (Å²) in [7, 11) is 0. The highest BCUT2D eigenvalue weighted by Gasteiger charge is 2.30. The highest BCUT2D eigenvalue weighted by Crippen LogP contribution is 2.12. The predicted molar refractivity (Wildman–Crippen MR) is 130 cm³/mol. The number of nitrogens with zero attached hydrogens (tertiary/aromatic N) is 1. The summed E-state index contributed by atoms with van der Waals surface area (Å²) in [5, 5.41) is 35.3. The largest absolute Gasteiger partial charge is 0.508 e. The molecular weight excluding hydrogens is 474 g/mol. The maximum Gasteiger partial charge on any atom is 0.328 e. The lowest BCUT2D eigenvalue weighted by Gasteiger charge is -2.24. The number of carbonyl (C=O) groups excluding carboxylic acids is 3. The van der Waals surface area contributed by atoms with Crippen LogP contribution in [0.25, 0.3) is 0 Å². The van der Waals surface area contributed by atoms with E-state index in [1.165, 1.54) is 26.0 Å². The van der Waals surface area contributed by atoms with Crippen LogP contribution in [-0.4, -0.2) is 81.8 Å². The van der Waals surface area contributed by atoms with Crippen molar-refractivity contribution in [1.82, 2.24) is 16.0 Å². The number of rotatable bonds is 14. The van der Waals surface area contributed by atoms with Gasteiger partial charge in [0, 0.05) is 13.0 Å². The van der Waals surface area contributed by atoms with Crippen molar-refractivity contribution in [3.05, 3.63) is 29.8 Å². The number of phenolic OH excluding ortho intramolecular Hbond substituents is 1. The fourth-order valence-electron chi connectivity index (χ4n) is 3.05. The number of carboxylic acid groups (broad SMARTS) is 1.